The molecule has 1 aliphatic rings. The molecule has 11 heteroatoms. The van der Waals surface area contributed by atoms with Gasteiger partial charge in [-0.15, -0.1) is 0 Å². The highest BCUT2D eigenvalue weighted by Gasteiger charge is 2.34. The van der Waals surface area contributed by atoms with Crippen molar-refractivity contribution in [3.63, 3.8) is 0 Å². The van der Waals surface area contributed by atoms with Crippen molar-refractivity contribution in [2.24, 2.45) is 0 Å². The number of ketones is 1. The smallest absolute Gasteiger partial charge is 0.245 e. The first-order valence-electron chi connectivity index (χ1n) is 12.6. The minimum Gasteiger partial charge on any atom is -0.350 e. The number of hydrogen-bond donors (Lipinski definition) is 1. The molecule has 0 bridgehead atoms. The van der Waals surface area contributed by atoms with E-state index in [0.717, 1.165) is 12.8 Å². The summed E-state index contributed by atoms with van der Waals surface area (Å²) in [6.07, 6.45) is 4.77. The molecule has 2 amide bonds. The van der Waals surface area contributed by atoms with Gasteiger partial charge in [0.05, 0.1) is 17.1 Å². The van der Waals surface area contributed by atoms with E-state index in [2.05, 4.69) is 32.2 Å². The largest absolute Gasteiger partial charge is 0.350 e. The first-order chi connectivity index (χ1) is 19.3. The molecule has 1 fully saturated rings. The number of Topliss-reactive ketones (excluding diaryl/α,β-unsaturated/α-hetero) is 1. The van der Waals surface area contributed by atoms with E-state index in [1.165, 1.54) is 28.6 Å². The summed E-state index contributed by atoms with van der Waals surface area (Å²) in [5, 5.41) is 7.62. The SMILES string of the molecule is CC(=O)c1nn(CC(=O)N(CC(=O)NCc2cccc(Cl)c2F)C2CC2)c2ccc(C#Cc3ncccn3)cc12. The Hall–Kier alpha value is -4.62. The van der Waals surface area contributed by atoms with Crippen molar-refractivity contribution in [3.8, 4) is 11.8 Å². The van der Waals surface area contributed by atoms with Gasteiger partial charge in [-0.1, -0.05) is 29.7 Å². The molecule has 0 aliphatic heterocycles. The number of rotatable bonds is 8. The van der Waals surface area contributed by atoms with Crippen LogP contribution in [0.2, 0.25) is 5.02 Å². The minimum absolute atomic E-state index is 0.0257. The highest BCUT2D eigenvalue weighted by molar-refractivity contribution is 6.30. The Kier molecular flexibility index (Phi) is 7.84. The Balaban J connectivity index is 1.32. The molecule has 2 aromatic carbocycles. The minimum atomic E-state index is -0.589. The maximum atomic E-state index is 14.2. The molecule has 0 spiro atoms. The molecule has 0 radical (unpaired) electrons. The van der Waals surface area contributed by atoms with Gasteiger partial charge in [0.15, 0.2) is 5.78 Å². The predicted octanol–water partition coefficient (Wildman–Crippen LogP) is 3.53. The van der Waals surface area contributed by atoms with Crippen molar-refractivity contribution in [1.29, 1.82) is 0 Å². The summed E-state index contributed by atoms with van der Waals surface area (Å²) in [6, 6.07) is 11.5. The van der Waals surface area contributed by atoms with E-state index in [9.17, 15) is 18.8 Å². The van der Waals surface area contributed by atoms with Crippen molar-refractivity contribution in [3.05, 3.63) is 88.3 Å². The van der Waals surface area contributed by atoms with Crippen LogP contribution in [0.15, 0.2) is 54.9 Å². The molecule has 0 unspecified atom stereocenters. The molecular weight excluding hydrogens is 535 g/mol. The zero-order chi connectivity index (χ0) is 28.2. The molecule has 4 aromatic rings. The third-order valence-corrected chi connectivity index (χ3v) is 6.67. The average Bonchev–Trinajstić information content (AvgIpc) is 3.73. The number of amides is 2. The van der Waals surface area contributed by atoms with Crippen LogP contribution < -0.4 is 5.32 Å². The molecule has 2 heterocycles. The topological polar surface area (TPSA) is 110 Å². The van der Waals surface area contributed by atoms with E-state index >= 15 is 0 Å². The number of hydrogen-bond acceptors (Lipinski definition) is 6. The van der Waals surface area contributed by atoms with Crippen LogP contribution in [0.1, 0.15) is 47.2 Å². The lowest BCUT2D eigenvalue weighted by Gasteiger charge is -2.22. The normalized spacial score (nSPS) is 12.5. The number of halogens is 2. The van der Waals surface area contributed by atoms with Gasteiger partial charge >= 0.3 is 0 Å². The van der Waals surface area contributed by atoms with Gasteiger partial charge in [-0.3, -0.25) is 19.1 Å². The third kappa shape index (κ3) is 6.16. The quantitative estimate of drug-likeness (QED) is 0.262. The average molecular weight is 559 g/mol. The highest BCUT2D eigenvalue weighted by atomic mass is 35.5. The monoisotopic (exact) mass is 558 g/mol. The van der Waals surface area contributed by atoms with E-state index in [0.29, 0.717) is 22.3 Å². The van der Waals surface area contributed by atoms with Crippen LogP contribution in [0.25, 0.3) is 10.9 Å². The van der Waals surface area contributed by atoms with Gasteiger partial charge in [-0.05, 0) is 49.1 Å². The van der Waals surface area contributed by atoms with Crippen molar-refractivity contribution in [1.82, 2.24) is 30.0 Å². The summed E-state index contributed by atoms with van der Waals surface area (Å²) >= 11 is 5.81. The van der Waals surface area contributed by atoms with Crippen LogP contribution >= 0.6 is 11.6 Å². The standard InChI is InChI=1S/C29H24ClFN6O3/c1-18(38)29-22-14-19(7-11-25-32-12-3-13-33-25)6-10-24(22)37(35-29)17-27(40)36(21-8-9-21)16-26(39)34-15-20-4-2-5-23(30)28(20)31/h2-6,10,12-14,21H,8-9,15-17H2,1H3,(H,34,39). The van der Waals surface area contributed by atoms with E-state index in [-0.39, 0.29) is 53.6 Å². The highest BCUT2D eigenvalue weighted by Crippen LogP contribution is 2.28. The van der Waals surface area contributed by atoms with Gasteiger partial charge in [0.1, 0.15) is 18.1 Å². The zero-order valence-corrected chi connectivity index (χ0v) is 22.3. The lowest BCUT2D eigenvalue weighted by molar-refractivity contribution is -0.137. The first-order valence-corrected chi connectivity index (χ1v) is 13.0. The zero-order valence-electron chi connectivity index (χ0n) is 21.5. The van der Waals surface area contributed by atoms with E-state index in [1.54, 1.807) is 42.7 Å². The molecule has 40 heavy (non-hydrogen) atoms. The summed E-state index contributed by atoms with van der Waals surface area (Å²) in [5.74, 6) is 4.68. The molecule has 202 valence electrons. The van der Waals surface area contributed by atoms with E-state index in [4.69, 9.17) is 11.6 Å². The van der Waals surface area contributed by atoms with Gasteiger partial charge in [-0.2, -0.15) is 5.10 Å². The summed E-state index contributed by atoms with van der Waals surface area (Å²) < 4.78 is 15.6. The molecule has 9 nitrogen and oxygen atoms in total. The Morgan fingerprint density at radius 2 is 1.90 bits per heavy atom. The molecule has 2 aromatic heterocycles. The number of benzene rings is 2. The Morgan fingerprint density at radius 3 is 2.62 bits per heavy atom. The second-order valence-electron chi connectivity index (χ2n) is 9.36. The maximum Gasteiger partial charge on any atom is 0.245 e. The van der Waals surface area contributed by atoms with Crippen molar-refractivity contribution >= 4 is 40.1 Å². The van der Waals surface area contributed by atoms with E-state index < -0.39 is 11.7 Å². The first kappa shape index (κ1) is 27.0. The fourth-order valence-corrected chi connectivity index (χ4v) is 4.44. The number of carbonyl (C=O) groups is 3. The second-order valence-corrected chi connectivity index (χ2v) is 9.77. The van der Waals surface area contributed by atoms with Gasteiger partial charge in [-0.25, -0.2) is 14.4 Å². The fraction of sp³-hybridized carbons (Fsp3) is 0.241. The molecule has 5 rings (SSSR count). The molecule has 1 N–H and O–H groups in total. The molecule has 0 atom stereocenters. The predicted molar refractivity (Wildman–Crippen MR) is 146 cm³/mol. The Morgan fingerprint density at radius 1 is 1.12 bits per heavy atom. The molecular formula is C29H24ClFN6O3. The fourth-order valence-electron chi connectivity index (χ4n) is 4.24. The number of nitrogens with one attached hydrogen (secondary N) is 1. The van der Waals surface area contributed by atoms with Crippen LogP contribution in [-0.2, 0) is 22.7 Å². The lowest BCUT2D eigenvalue weighted by atomic mass is 10.1. The third-order valence-electron chi connectivity index (χ3n) is 6.38. The van der Waals surface area contributed by atoms with Crippen LogP contribution in [0.5, 0.6) is 0 Å². The molecule has 1 saturated carbocycles. The summed E-state index contributed by atoms with van der Waals surface area (Å²) in [4.78, 5) is 48.0. The lowest BCUT2D eigenvalue weighted by Crippen LogP contribution is -2.43. The summed E-state index contributed by atoms with van der Waals surface area (Å²) in [6.45, 7) is 1.03. The van der Waals surface area contributed by atoms with Crippen LogP contribution in [-0.4, -0.2) is 54.8 Å². The van der Waals surface area contributed by atoms with Crippen LogP contribution in [0.3, 0.4) is 0 Å². The Bertz CT molecular complexity index is 1670. The summed E-state index contributed by atoms with van der Waals surface area (Å²) in [5.41, 5.74) is 1.71. The maximum absolute atomic E-state index is 14.2. The van der Waals surface area contributed by atoms with Gasteiger partial charge in [0, 0.05) is 48.4 Å². The summed E-state index contributed by atoms with van der Waals surface area (Å²) in [7, 11) is 0. The molecule has 0 saturated heterocycles. The van der Waals surface area contributed by atoms with Crippen molar-refractivity contribution in [2.75, 3.05) is 6.54 Å². The second kappa shape index (κ2) is 11.6. The van der Waals surface area contributed by atoms with E-state index in [1.807, 2.05) is 0 Å². The van der Waals surface area contributed by atoms with Crippen LogP contribution in [0.4, 0.5) is 4.39 Å². The van der Waals surface area contributed by atoms with Gasteiger partial charge in [0.25, 0.3) is 0 Å². The van der Waals surface area contributed by atoms with Gasteiger partial charge < -0.3 is 10.2 Å². The van der Waals surface area contributed by atoms with Crippen molar-refractivity contribution < 1.29 is 18.8 Å². The van der Waals surface area contributed by atoms with Crippen LogP contribution in [0, 0.1) is 17.7 Å². The van der Waals surface area contributed by atoms with Gasteiger partial charge in [0.2, 0.25) is 17.6 Å². The number of aromatic nitrogens is 4. The number of nitrogens with zero attached hydrogens (tertiary/aromatic N) is 5. The van der Waals surface area contributed by atoms with Crippen molar-refractivity contribution in [2.45, 2.75) is 38.9 Å². The number of carbonyl (C=O) groups excluding carboxylic acids is 3. The number of fused-ring (bicyclic) bond motifs is 1. The molecule has 1 aliphatic carbocycles. The Labute approximate surface area is 234 Å².